The van der Waals surface area contributed by atoms with E-state index in [4.69, 9.17) is 0 Å². The Hall–Kier alpha value is -1.53. The Bertz CT molecular complexity index is 534. The van der Waals surface area contributed by atoms with E-state index in [-0.39, 0.29) is 0 Å². The molecule has 0 unspecified atom stereocenters. The molecule has 76 valence electrons. The molecule has 2 aromatic heterocycles. The number of hydrogen-bond acceptors (Lipinski definition) is 4. The zero-order chi connectivity index (χ0) is 10.5. The molecule has 0 spiro atoms. The zero-order valence-corrected chi connectivity index (χ0v) is 9.31. The van der Waals surface area contributed by atoms with Gasteiger partial charge in [-0.2, -0.15) is 0 Å². The molecule has 15 heavy (non-hydrogen) atoms. The van der Waals surface area contributed by atoms with Crippen LogP contribution in [0.25, 0.3) is 10.2 Å². The maximum atomic E-state index is 4.55. The minimum absolute atomic E-state index is 0.495. The molecule has 0 amide bonds. The maximum absolute atomic E-state index is 4.55. The van der Waals surface area contributed by atoms with Gasteiger partial charge in [0.15, 0.2) is 0 Å². The molecule has 0 atom stereocenters. The Labute approximate surface area is 95.0 Å². The van der Waals surface area contributed by atoms with Crippen LogP contribution in [0.4, 0.5) is 0 Å². The molecule has 2 heterocycles. The Kier molecular flexibility index (Phi) is 3.21. The minimum Gasteiger partial charge on any atom is -0.288 e. The van der Waals surface area contributed by atoms with Gasteiger partial charge in [-0.15, -0.1) is 11.3 Å². The van der Waals surface area contributed by atoms with Crippen molar-refractivity contribution in [1.82, 2.24) is 20.2 Å². The van der Waals surface area contributed by atoms with Crippen molar-refractivity contribution in [2.75, 3.05) is 0 Å². The van der Waals surface area contributed by atoms with Crippen molar-refractivity contribution in [2.45, 2.75) is 0 Å². The molecule has 4 nitrogen and oxygen atoms in total. The molecule has 0 saturated carbocycles. The van der Waals surface area contributed by atoms with Crippen molar-refractivity contribution in [1.29, 1.82) is 0 Å². The lowest BCUT2D eigenvalue weighted by Crippen LogP contribution is -1.61. The van der Waals surface area contributed by atoms with Crippen LogP contribution in [0, 0.1) is 4.77 Å². The summed E-state index contributed by atoms with van der Waals surface area (Å²) in [5.41, 5.74) is 2.97. The zero-order valence-electron chi connectivity index (χ0n) is 7.68. The predicted molar refractivity (Wildman–Crippen MR) is 63.4 cm³/mol. The third kappa shape index (κ3) is 2.71. The maximum Gasteiger partial charge on any atom is 0.213 e. The number of fused-ring (bicyclic) bond motifs is 1. The number of hydrogen-bond donors (Lipinski definition) is 2. The quantitative estimate of drug-likeness (QED) is 0.590. The predicted octanol–water partition coefficient (Wildman–Crippen LogP) is 2.76. The van der Waals surface area contributed by atoms with Crippen molar-refractivity contribution in [2.24, 2.45) is 0 Å². The van der Waals surface area contributed by atoms with Crippen molar-refractivity contribution in [3.05, 3.63) is 40.9 Å². The molecule has 0 aliphatic carbocycles. The summed E-state index contributed by atoms with van der Waals surface area (Å²) in [7, 11) is 0. The minimum atomic E-state index is 0.495. The van der Waals surface area contributed by atoms with Gasteiger partial charge >= 0.3 is 0 Å². The average molecular weight is 236 g/mol. The molecule has 3 rings (SSSR count). The summed E-state index contributed by atoms with van der Waals surface area (Å²) in [5, 5.41) is 5.17. The van der Waals surface area contributed by atoms with Gasteiger partial charge in [0.2, 0.25) is 4.77 Å². The molecule has 0 aliphatic rings. The van der Waals surface area contributed by atoms with E-state index >= 15 is 0 Å². The second-order valence-electron chi connectivity index (χ2n) is 2.65. The highest BCUT2D eigenvalue weighted by molar-refractivity contribution is 7.71. The SMILES string of the molecule is S=c1nc[nH][nH]1.c1ccc2scnc2c1. The van der Waals surface area contributed by atoms with E-state index in [2.05, 4.69) is 38.4 Å². The van der Waals surface area contributed by atoms with Gasteiger partial charge in [-0.3, -0.25) is 10.2 Å². The topological polar surface area (TPSA) is 57.4 Å². The summed E-state index contributed by atoms with van der Waals surface area (Å²) in [5.74, 6) is 0. The lowest BCUT2D eigenvalue weighted by atomic mass is 10.3. The highest BCUT2D eigenvalue weighted by atomic mass is 32.1. The van der Waals surface area contributed by atoms with Crippen molar-refractivity contribution in [3.8, 4) is 0 Å². The lowest BCUT2D eigenvalue weighted by Gasteiger charge is -1.80. The van der Waals surface area contributed by atoms with Crippen LogP contribution in [-0.2, 0) is 0 Å². The third-order valence-corrected chi connectivity index (χ3v) is 2.68. The number of para-hydroxylation sites is 1. The van der Waals surface area contributed by atoms with Crippen molar-refractivity contribution in [3.63, 3.8) is 0 Å². The van der Waals surface area contributed by atoms with Crippen LogP contribution in [0.15, 0.2) is 36.1 Å². The standard InChI is InChI=1S/C7H5NS.C2H3N3S/c1-2-4-7-6(3-1)8-5-9-7;6-2-3-1-4-5-2/h1-5H;1H,(H2,3,4,5,6). The molecule has 0 fully saturated rings. The fraction of sp³-hybridized carbons (Fsp3) is 0. The van der Waals surface area contributed by atoms with Crippen LogP contribution in [0.3, 0.4) is 0 Å². The van der Waals surface area contributed by atoms with Gasteiger partial charge in [-0.25, -0.2) is 9.97 Å². The summed E-state index contributed by atoms with van der Waals surface area (Å²) in [6.45, 7) is 0. The summed E-state index contributed by atoms with van der Waals surface area (Å²) in [6.07, 6.45) is 1.50. The molecular weight excluding hydrogens is 228 g/mol. The number of aromatic nitrogens is 4. The molecule has 0 radical (unpaired) electrons. The van der Waals surface area contributed by atoms with Crippen LogP contribution < -0.4 is 0 Å². The first-order valence-corrected chi connectivity index (χ1v) is 5.51. The fourth-order valence-electron chi connectivity index (χ4n) is 1.02. The van der Waals surface area contributed by atoms with Crippen molar-refractivity contribution < 1.29 is 0 Å². The van der Waals surface area contributed by atoms with Crippen molar-refractivity contribution >= 4 is 33.8 Å². The van der Waals surface area contributed by atoms with Crippen LogP contribution >= 0.6 is 23.6 Å². The summed E-state index contributed by atoms with van der Waals surface area (Å²) in [6, 6.07) is 8.13. The van der Waals surface area contributed by atoms with Crippen LogP contribution in [0.1, 0.15) is 0 Å². The molecule has 0 bridgehead atoms. The Morgan fingerprint density at radius 1 is 1.20 bits per heavy atom. The number of H-pyrrole nitrogens is 2. The van der Waals surface area contributed by atoms with Gasteiger partial charge in [0.1, 0.15) is 6.33 Å². The third-order valence-electron chi connectivity index (χ3n) is 1.66. The van der Waals surface area contributed by atoms with Gasteiger partial charge in [0, 0.05) is 0 Å². The number of benzene rings is 1. The molecular formula is C9H8N4S2. The van der Waals surface area contributed by atoms with E-state index in [1.807, 2.05) is 23.7 Å². The van der Waals surface area contributed by atoms with Crippen LogP contribution in [0.2, 0.25) is 0 Å². The van der Waals surface area contributed by atoms with Gasteiger partial charge in [-0.05, 0) is 24.4 Å². The van der Waals surface area contributed by atoms with E-state index in [0.29, 0.717) is 4.77 Å². The van der Waals surface area contributed by atoms with E-state index in [1.165, 1.54) is 11.0 Å². The van der Waals surface area contributed by atoms with E-state index in [0.717, 1.165) is 5.52 Å². The number of nitrogens with one attached hydrogen (secondary N) is 2. The summed E-state index contributed by atoms with van der Waals surface area (Å²) in [4.78, 5) is 7.76. The van der Waals surface area contributed by atoms with E-state index < -0.39 is 0 Å². The van der Waals surface area contributed by atoms with Gasteiger partial charge < -0.3 is 0 Å². The van der Waals surface area contributed by atoms with Gasteiger partial charge in [-0.1, -0.05) is 12.1 Å². The number of aromatic amines is 2. The second kappa shape index (κ2) is 4.81. The average Bonchev–Trinajstić information content (AvgIpc) is 2.88. The Morgan fingerprint density at radius 2 is 2.07 bits per heavy atom. The first-order valence-electron chi connectivity index (χ1n) is 4.22. The summed E-state index contributed by atoms with van der Waals surface area (Å²) >= 11 is 6.22. The highest BCUT2D eigenvalue weighted by Gasteiger charge is 1.89. The Morgan fingerprint density at radius 3 is 2.67 bits per heavy atom. The molecule has 2 N–H and O–H groups in total. The summed E-state index contributed by atoms with van der Waals surface area (Å²) < 4.78 is 1.76. The second-order valence-corrected chi connectivity index (χ2v) is 3.93. The number of nitrogens with zero attached hydrogens (tertiary/aromatic N) is 2. The molecule has 6 heteroatoms. The molecule has 0 aliphatic heterocycles. The van der Waals surface area contributed by atoms with E-state index in [9.17, 15) is 0 Å². The fourth-order valence-corrected chi connectivity index (χ4v) is 1.81. The lowest BCUT2D eigenvalue weighted by molar-refractivity contribution is 1.08. The largest absolute Gasteiger partial charge is 0.288 e. The van der Waals surface area contributed by atoms with Crippen LogP contribution in [0.5, 0.6) is 0 Å². The van der Waals surface area contributed by atoms with E-state index in [1.54, 1.807) is 11.3 Å². The van der Waals surface area contributed by atoms with Gasteiger partial charge in [0.05, 0.1) is 15.7 Å². The number of rotatable bonds is 0. The Balaban J connectivity index is 0.000000124. The van der Waals surface area contributed by atoms with Crippen LogP contribution in [-0.4, -0.2) is 20.2 Å². The first-order chi connectivity index (χ1) is 7.36. The first kappa shape index (κ1) is 10.0. The highest BCUT2D eigenvalue weighted by Crippen LogP contribution is 2.15. The molecule has 1 aromatic carbocycles. The van der Waals surface area contributed by atoms with Gasteiger partial charge in [0.25, 0.3) is 0 Å². The molecule has 3 aromatic rings. The number of thiazole rings is 1. The smallest absolute Gasteiger partial charge is 0.213 e. The normalized spacial score (nSPS) is 9.60. The monoisotopic (exact) mass is 236 g/mol. The molecule has 0 saturated heterocycles.